The summed E-state index contributed by atoms with van der Waals surface area (Å²) in [5.74, 6) is 0.211. The van der Waals surface area contributed by atoms with Crippen molar-refractivity contribution in [2.24, 2.45) is 0 Å². The van der Waals surface area contributed by atoms with E-state index in [1.165, 1.54) is 5.69 Å². The molecule has 0 saturated carbocycles. The van der Waals surface area contributed by atoms with Crippen LogP contribution in [0.2, 0.25) is 0 Å². The van der Waals surface area contributed by atoms with Crippen molar-refractivity contribution in [2.75, 3.05) is 30.3 Å². The molecule has 108 valence electrons. The zero-order valence-corrected chi connectivity index (χ0v) is 12.6. The smallest absolute Gasteiger partial charge is 0.211 e. The van der Waals surface area contributed by atoms with E-state index >= 15 is 0 Å². The number of para-hydroxylation sites is 1. The number of nitrogens with zero attached hydrogens (tertiary/aromatic N) is 1. The zero-order valence-electron chi connectivity index (χ0n) is 11.8. The normalized spacial score (nSPS) is 11.5. The molecule has 0 aliphatic carbocycles. The molecule has 1 aromatic carbocycles. The third kappa shape index (κ3) is 6.07. The van der Waals surface area contributed by atoms with Crippen LogP contribution in [0.4, 0.5) is 5.69 Å². The summed E-state index contributed by atoms with van der Waals surface area (Å²) < 4.78 is 25.6. The van der Waals surface area contributed by atoms with Crippen molar-refractivity contribution < 1.29 is 8.42 Å². The van der Waals surface area contributed by atoms with Crippen molar-refractivity contribution in [1.82, 2.24) is 4.72 Å². The quantitative estimate of drug-likeness (QED) is 0.707. The van der Waals surface area contributed by atoms with Gasteiger partial charge in [-0.3, -0.25) is 0 Å². The van der Waals surface area contributed by atoms with E-state index < -0.39 is 10.0 Å². The van der Waals surface area contributed by atoms with Crippen LogP contribution in [0.15, 0.2) is 30.3 Å². The van der Waals surface area contributed by atoms with Gasteiger partial charge in [0.25, 0.3) is 0 Å². The standard InChI is InChI=1S/C14H24N2O2S/c1-3-13-19(17,18)15-11-8-12-16(4-2)14-9-6-5-7-10-14/h5-7,9-10,15H,3-4,8,11-13H2,1-2H3. The minimum atomic E-state index is -3.07. The van der Waals surface area contributed by atoms with E-state index in [1.54, 1.807) is 0 Å². The summed E-state index contributed by atoms with van der Waals surface area (Å²) in [7, 11) is -3.07. The van der Waals surface area contributed by atoms with Crippen molar-refractivity contribution in [3.8, 4) is 0 Å². The van der Waals surface area contributed by atoms with Gasteiger partial charge in [-0.25, -0.2) is 13.1 Å². The van der Waals surface area contributed by atoms with E-state index in [0.29, 0.717) is 13.0 Å². The van der Waals surface area contributed by atoms with Crippen LogP contribution in [0.1, 0.15) is 26.7 Å². The van der Waals surface area contributed by atoms with Crippen LogP contribution in [0.5, 0.6) is 0 Å². The first-order chi connectivity index (χ1) is 9.09. The van der Waals surface area contributed by atoms with Crippen LogP contribution in [-0.4, -0.2) is 33.8 Å². The van der Waals surface area contributed by atoms with Gasteiger partial charge in [-0.15, -0.1) is 0 Å². The first kappa shape index (κ1) is 16.0. The van der Waals surface area contributed by atoms with Crippen LogP contribution < -0.4 is 9.62 Å². The fourth-order valence-electron chi connectivity index (χ4n) is 1.95. The molecule has 0 spiro atoms. The lowest BCUT2D eigenvalue weighted by Crippen LogP contribution is -2.31. The summed E-state index contributed by atoms with van der Waals surface area (Å²) in [6.45, 7) is 6.26. The molecule has 1 N–H and O–H groups in total. The van der Waals surface area contributed by atoms with Gasteiger partial charge < -0.3 is 4.90 Å². The van der Waals surface area contributed by atoms with Crippen molar-refractivity contribution in [2.45, 2.75) is 26.7 Å². The van der Waals surface area contributed by atoms with Gasteiger partial charge in [-0.2, -0.15) is 0 Å². The van der Waals surface area contributed by atoms with Gasteiger partial charge in [0.05, 0.1) is 5.75 Å². The minimum absolute atomic E-state index is 0.211. The molecule has 0 bridgehead atoms. The number of hydrogen-bond acceptors (Lipinski definition) is 3. The minimum Gasteiger partial charge on any atom is -0.372 e. The predicted molar refractivity (Wildman–Crippen MR) is 81.0 cm³/mol. The van der Waals surface area contributed by atoms with Crippen LogP contribution in [-0.2, 0) is 10.0 Å². The summed E-state index contributed by atoms with van der Waals surface area (Å²) in [5, 5.41) is 0. The Bertz CT molecular complexity index is 446. The second kappa shape index (κ2) is 8.17. The number of hydrogen-bond donors (Lipinski definition) is 1. The van der Waals surface area contributed by atoms with Crippen LogP contribution in [0.25, 0.3) is 0 Å². The van der Waals surface area contributed by atoms with E-state index in [4.69, 9.17) is 0 Å². The van der Waals surface area contributed by atoms with Crippen LogP contribution in [0, 0.1) is 0 Å². The van der Waals surface area contributed by atoms with Crippen molar-refractivity contribution >= 4 is 15.7 Å². The van der Waals surface area contributed by atoms with Crippen LogP contribution in [0.3, 0.4) is 0 Å². The first-order valence-electron chi connectivity index (χ1n) is 6.86. The molecule has 0 amide bonds. The van der Waals surface area contributed by atoms with Gasteiger partial charge in [0.1, 0.15) is 0 Å². The van der Waals surface area contributed by atoms with Gasteiger partial charge >= 0.3 is 0 Å². The number of sulfonamides is 1. The number of rotatable bonds is 9. The van der Waals surface area contributed by atoms with E-state index in [1.807, 2.05) is 25.1 Å². The Morgan fingerprint density at radius 3 is 2.42 bits per heavy atom. The van der Waals surface area contributed by atoms with Gasteiger partial charge in [-0.1, -0.05) is 25.1 Å². The lowest BCUT2D eigenvalue weighted by Gasteiger charge is -2.23. The third-order valence-corrected chi connectivity index (χ3v) is 4.49. The molecular weight excluding hydrogens is 260 g/mol. The van der Waals surface area contributed by atoms with E-state index in [-0.39, 0.29) is 5.75 Å². The largest absolute Gasteiger partial charge is 0.372 e. The highest BCUT2D eigenvalue weighted by atomic mass is 32.2. The highest BCUT2D eigenvalue weighted by Crippen LogP contribution is 2.12. The van der Waals surface area contributed by atoms with Crippen molar-refractivity contribution in [3.63, 3.8) is 0 Å². The average molecular weight is 284 g/mol. The van der Waals surface area contributed by atoms with Gasteiger partial charge in [0, 0.05) is 25.3 Å². The van der Waals surface area contributed by atoms with Gasteiger partial charge in [0.2, 0.25) is 10.0 Å². The first-order valence-corrected chi connectivity index (χ1v) is 8.51. The summed E-state index contributed by atoms with van der Waals surface area (Å²) >= 11 is 0. The number of anilines is 1. The monoisotopic (exact) mass is 284 g/mol. The molecule has 0 aliphatic rings. The van der Waals surface area contributed by atoms with Crippen molar-refractivity contribution in [3.05, 3.63) is 30.3 Å². The van der Waals surface area contributed by atoms with Gasteiger partial charge in [-0.05, 0) is 31.9 Å². The van der Waals surface area contributed by atoms with E-state index in [2.05, 4.69) is 28.7 Å². The SMILES string of the molecule is CCCS(=O)(=O)NCCCN(CC)c1ccccc1. The Morgan fingerprint density at radius 1 is 1.16 bits per heavy atom. The molecule has 0 fully saturated rings. The average Bonchev–Trinajstić information content (AvgIpc) is 2.40. The Kier molecular flexibility index (Phi) is 6.87. The Hall–Kier alpha value is -1.07. The summed E-state index contributed by atoms with van der Waals surface area (Å²) in [6, 6.07) is 10.2. The van der Waals surface area contributed by atoms with Crippen LogP contribution >= 0.6 is 0 Å². The molecule has 0 heterocycles. The lowest BCUT2D eigenvalue weighted by molar-refractivity contribution is 0.577. The molecule has 0 aliphatic heterocycles. The molecule has 19 heavy (non-hydrogen) atoms. The van der Waals surface area contributed by atoms with E-state index in [9.17, 15) is 8.42 Å². The molecule has 0 aromatic heterocycles. The highest BCUT2D eigenvalue weighted by molar-refractivity contribution is 7.89. The zero-order chi connectivity index (χ0) is 14.1. The summed E-state index contributed by atoms with van der Waals surface area (Å²) in [4.78, 5) is 2.24. The maximum atomic E-state index is 11.5. The fraction of sp³-hybridized carbons (Fsp3) is 0.571. The van der Waals surface area contributed by atoms with Gasteiger partial charge in [0.15, 0.2) is 0 Å². The maximum Gasteiger partial charge on any atom is 0.211 e. The number of benzene rings is 1. The second-order valence-electron chi connectivity index (χ2n) is 4.48. The van der Waals surface area contributed by atoms with E-state index in [0.717, 1.165) is 19.5 Å². The highest BCUT2D eigenvalue weighted by Gasteiger charge is 2.08. The molecule has 0 atom stereocenters. The fourth-order valence-corrected chi connectivity index (χ4v) is 3.08. The molecule has 0 unspecified atom stereocenters. The number of nitrogens with one attached hydrogen (secondary N) is 1. The Morgan fingerprint density at radius 2 is 1.84 bits per heavy atom. The molecule has 1 rings (SSSR count). The summed E-state index contributed by atoms with van der Waals surface area (Å²) in [5.41, 5.74) is 1.18. The molecule has 0 saturated heterocycles. The third-order valence-electron chi connectivity index (χ3n) is 2.90. The Balaban J connectivity index is 2.35. The Labute approximate surface area is 116 Å². The maximum absolute atomic E-state index is 11.5. The molecular formula is C14H24N2O2S. The lowest BCUT2D eigenvalue weighted by atomic mass is 10.2. The summed E-state index contributed by atoms with van der Waals surface area (Å²) in [6.07, 6.45) is 1.46. The van der Waals surface area contributed by atoms with Crippen molar-refractivity contribution in [1.29, 1.82) is 0 Å². The second-order valence-corrected chi connectivity index (χ2v) is 6.41. The predicted octanol–water partition coefficient (Wildman–Crippen LogP) is 2.23. The molecule has 5 heteroatoms. The molecule has 4 nitrogen and oxygen atoms in total. The molecule has 0 radical (unpaired) electrons. The topological polar surface area (TPSA) is 49.4 Å². The molecule has 1 aromatic rings.